The summed E-state index contributed by atoms with van der Waals surface area (Å²) in [4.78, 5) is 27.5. The summed E-state index contributed by atoms with van der Waals surface area (Å²) in [5.41, 5.74) is 1.85. The van der Waals surface area contributed by atoms with E-state index in [1.54, 1.807) is 32.9 Å². The summed E-state index contributed by atoms with van der Waals surface area (Å²) in [6.45, 7) is 11.3. The van der Waals surface area contributed by atoms with Gasteiger partial charge in [-0.05, 0) is 98.8 Å². The van der Waals surface area contributed by atoms with Gasteiger partial charge in [0.25, 0.3) is 0 Å². The van der Waals surface area contributed by atoms with E-state index in [0.29, 0.717) is 10.9 Å². The summed E-state index contributed by atoms with van der Waals surface area (Å²) >= 11 is 3.64. The van der Waals surface area contributed by atoms with Crippen molar-refractivity contribution in [2.45, 2.75) is 71.3 Å². The largest absolute Gasteiger partial charge is 0.573 e. The number of fused-ring (bicyclic) bond motifs is 1. The van der Waals surface area contributed by atoms with E-state index in [-0.39, 0.29) is 36.8 Å². The zero-order chi connectivity index (χ0) is 27.8. The summed E-state index contributed by atoms with van der Waals surface area (Å²) in [6, 6.07) is 9.15. The number of anilines is 1. The third kappa shape index (κ3) is 6.97. The molecule has 0 aromatic heterocycles. The summed E-state index contributed by atoms with van der Waals surface area (Å²) in [7, 11) is 0. The van der Waals surface area contributed by atoms with Gasteiger partial charge in [0.15, 0.2) is 0 Å². The van der Waals surface area contributed by atoms with Crippen molar-refractivity contribution >= 4 is 33.5 Å². The number of hydrogen-bond acceptors (Lipinski definition) is 5. The molecule has 1 heterocycles. The highest BCUT2D eigenvalue weighted by atomic mass is 79.9. The molecule has 37 heavy (non-hydrogen) atoms. The van der Waals surface area contributed by atoms with E-state index in [1.165, 1.54) is 12.1 Å². The van der Waals surface area contributed by atoms with E-state index < -0.39 is 17.3 Å². The fourth-order valence-electron chi connectivity index (χ4n) is 4.39. The maximum Gasteiger partial charge on any atom is 0.573 e. The molecule has 1 aliphatic rings. The number of ether oxygens (including phenoxy) is 2. The average molecular weight is 585 g/mol. The fourth-order valence-corrected chi connectivity index (χ4v) is 5.12. The van der Waals surface area contributed by atoms with E-state index in [9.17, 15) is 22.8 Å². The van der Waals surface area contributed by atoms with Gasteiger partial charge in [-0.3, -0.25) is 9.59 Å². The third-order valence-corrected chi connectivity index (χ3v) is 6.66. The number of hydrogen-bond donors (Lipinski definition) is 1. The van der Waals surface area contributed by atoms with E-state index in [0.717, 1.165) is 22.4 Å². The van der Waals surface area contributed by atoms with Gasteiger partial charge < -0.3 is 19.7 Å². The Labute approximate surface area is 223 Å². The molecule has 1 amide bonds. The first kappa shape index (κ1) is 28.8. The minimum atomic E-state index is -4.78. The Morgan fingerprint density at radius 3 is 2.24 bits per heavy atom. The molecule has 6 nitrogen and oxygen atoms in total. The Bertz CT molecular complexity index is 1160. The van der Waals surface area contributed by atoms with Gasteiger partial charge in [0.2, 0.25) is 5.91 Å². The molecule has 0 saturated carbocycles. The molecule has 1 unspecified atom stereocenters. The topological polar surface area (TPSA) is 67.9 Å². The number of alkyl halides is 3. The molecule has 3 rings (SSSR count). The Kier molecular flexibility index (Phi) is 8.22. The second-order valence-corrected chi connectivity index (χ2v) is 11.4. The van der Waals surface area contributed by atoms with Crippen molar-refractivity contribution in [2.75, 3.05) is 18.1 Å². The molecule has 0 aliphatic carbocycles. The molecule has 0 spiro atoms. The Balaban J connectivity index is 2.02. The number of amides is 1. The van der Waals surface area contributed by atoms with Crippen LogP contribution in [-0.4, -0.2) is 36.9 Å². The minimum Gasteiger partial charge on any atom is -0.465 e. The number of nitrogens with zero attached hydrogens (tertiary/aromatic N) is 1. The number of carbonyl (C=O) groups excluding carboxylic acids is 2. The first-order valence-corrected chi connectivity index (χ1v) is 12.7. The lowest BCUT2D eigenvalue weighted by Crippen LogP contribution is -2.46. The van der Waals surface area contributed by atoms with Crippen LogP contribution in [0.2, 0.25) is 0 Å². The predicted molar refractivity (Wildman–Crippen MR) is 139 cm³/mol. The van der Waals surface area contributed by atoms with Crippen molar-refractivity contribution in [3.63, 3.8) is 0 Å². The summed E-state index contributed by atoms with van der Waals surface area (Å²) in [6.07, 6.45) is -4.29. The first-order chi connectivity index (χ1) is 17.0. The van der Waals surface area contributed by atoms with Crippen molar-refractivity contribution in [3.05, 3.63) is 57.6 Å². The number of nitrogens with one attached hydrogen (secondary N) is 1. The molecular weight excluding hydrogens is 553 g/mol. The molecule has 0 fully saturated rings. The summed E-state index contributed by atoms with van der Waals surface area (Å²) in [5.74, 6) is -0.855. The van der Waals surface area contributed by atoms with Gasteiger partial charge >= 0.3 is 12.3 Å². The van der Waals surface area contributed by atoms with E-state index in [4.69, 9.17) is 4.74 Å². The van der Waals surface area contributed by atoms with Crippen LogP contribution in [0.15, 0.2) is 40.9 Å². The fraction of sp³-hybridized carbons (Fsp3) is 0.481. The number of benzene rings is 2. The molecule has 1 N–H and O–H groups in total. The summed E-state index contributed by atoms with van der Waals surface area (Å²) < 4.78 is 47.9. The van der Waals surface area contributed by atoms with Crippen LogP contribution in [0.25, 0.3) is 0 Å². The van der Waals surface area contributed by atoms with E-state index >= 15 is 0 Å². The lowest BCUT2D eigenvalue weighted by atomic mass is 9.83. The quantitative estimate of drug-likeness (QED) is 0.392. The Morgan fingerprint density at radius 1 is 1.08 bits per heavy atom. The lowest BCUT2D eigenvalue weighted by Gasteiger charge is -2.30. The molecule has 0 radical (unpaired) electrons. The highest BCUT2D eigenvalue weighted by Gasteiger charge is 2.38. The van der Waals surface area contributed by atoms with E-state index in [1.807, 2.05) is 37.8 Å². The average Bonchev–Trinajstić information content (AvgIpc) is 3.10. The summed E-state index contributed by atoms with van der Waals surface area (Å²) in [5, 5.41) is 2.97. The molecule has 0 saturated heterocycles. The predicted octanol–water partition coefficient (Wildman–Crippen LogP) is 6.21. The number of rotatable bonds is 7. The zero-order valence-corrected chi connectivity index (χ0v) is 23.3. The second kappa shape index (κ2) is 10.6. The molecule has 1 atom stereocenters. The molecule has 0 bridgehead atoms. The number of halogens is 4. The van der Waals surface area contributed by atoms with Gasteiger partial charge in [-0.1, -0.05) is 18.2 Å². The van der Waals surface area contributed by atoms with Crippen molar-refractivity contribution in [1.29, 1.82) is 0 Å². The maximum absolute atomic E-state index is 12.9. The molecule has 2 aromatic carbocycles. The van der Waals surface area contributed by atoms with Gasteiger partial charge in [-0.15, -0.1) is 13.2 Å². The zero-order valence-electron chi connectivity index (χ0n) is 21.8. The number of esters is 1. The van der Waals surface area contributed by atoms with Crippen LogP contribution >= 0.6 is 15.9 Å². The first-order valence-electron chi connectivity index (χ1n) is 12.0. The van der Waals surface area contributed by atoms with Crippen molar-refractivity contribution in [1.82, 2.24) is 5.32 Å². The van der Waals surface area contributed by atoms with Crippen LogP contribution in [0.5, 0.6) is 5.75 Å². The number of carbonyl (C=O) groups is 2. The van der Waals surface area contributed by atoms with Crippen molar-refractivity contribution < 1.29 is 32.2 Å². The SMILES string of the molecule is CCOC(=O)C(C)(C)c1cc(Br)c2c(c1)CC(c1ccc(OC(F)(F)F)cc1)N2CC(=O)NC(C)(C)C. The minimum absolute atomic E-state index is 0.0367. The lowest BCUT2D eigenvalue weighted by molar-refractivity contribution is -0.274. The molecule has 10 heteroatoms. The molecule has 1 aliphatic heterocycles. The van der Waals surface area contributed by atoms with E-state index in [2.05, 4.69) is 26.0 Å². The monoisotopic (exact) mass is 584 g/mol. The van der Waals surface area contributed by atoms with Gasteiger partial charge in [0.05, 0.1) is 30.3 Å². The molecular formula is C27H32BrF3N2O4. The van der Waals surface area contributed by atoms with Gasteiger partial charge in [0.1, 0.15) is 5.75 Å². The Hall–Kier alpha value is -2.75. The van der Waals surface area contributed by atoms with Gasteiger partial charge in [0, 0.05) is 10.0 Å². The van der Waals surface area contributed by atoms with Crippen LogP contribution < -0.4 is 15.0 Å². The van der Waals surface area contributed by atoms with Crippen molar-refractivity contribution in [2.24, 2.45) is 0 Å². The van der Waals surface area contributed by atoms with Crippen LogP contribution in [0.1, 0.15) is 64.3 Å². The second-order valence-electron chi connectivity index (χ2n) is 10.6. The van der Waals surface area contributed by atoms with Gasteiger partial charge in [-0.25, -0.2) is 0 Å². The van der Waals surface area contributed by atoms with Crippen LogP contribution in [0.3, 0.4) is 0 Å². The van der Waals surface area contributed by atoms with Crippen LogP contribution in [0, 0.1) is 0 Å². The van der Waals surface area contributed by atoms with Crippen LogP contribution in [-0.2, 0) is 26.2 Å². The molecule has 202 valence electrons. The highest BCUT2D eigenvalue weighted by molar-refractivity contribution is 9.10. The highest BCUT2D eigenvalue weighted by Crippen LogP contribution is 2.46. The molecule has 2 aromatic rings. The van der Waals surface area contributed by atoms with Crippen molar-refractivity contribution in [3.8, 4) is 5.75 Å². The third-order valence-electron chi connectivity index (χ3n) is 6.05. The normalized spacial score (nSPS) is 15.8. The maximum atomic E-state index is 12.9. The smallest absolute Gasteiger partial charge is 0.465 e. The standard InChI is InChI=1S/C27H32BrF3N2O4/c1-7-36-24(35)26(5,6)18-12-17-13-21(16-8-10-19(11-9-16)37-27(29,30)31)33(23(17)20(28)14-18)15-22(34)32-25(2,3)4/h8-12,14,21H,7,13,15H2,1-6H3,(H,32,34). The van der Waals surface area contributed by atoms with Crippen LogP contribution in [0.4, 0.5) is 18.9 Å². The Morgan fingerprint density at radius 2 is 1.70 bits per heavy atom. The van der Waals surface area contributed by atoms with Gasteiger partial charge in [-0.2, -0.15) is 0 Å².